The molecule has 2 unspecified atom stereocenters. The molecular weight excluding hydrogens is 224 g/mol. The highest BCUT2D eigenvalue weighted by Gasteiger charge is 2.23. The zero-order valence-corrected chi connectivity index (χ0v) is 11.4. The Bertz CT molecular complexity index is 303. The van der Waals surface area contributed by atoms with Crippen LogP contribution in [0.15, 0.2) is 0 Å². The summed E-state index contributed by atoms with van der Waals surface area (Å²) in [7, 11) is -0.648. The second-order valence-corrected chi connectivity index (χ2v) is 7.33. The summed E-state index contributed by atoms with van der Waals surface area (Å²) in [6.07, 6.45) is 3.18. The molecule has 2 atom stereocenters. The summed E-state index contributed by atoms with van der Waals surface area (Å²) in [5.74, 6) is 0.943. The largest absolute Gasteiger partial charge is 0.314 e. The van der Waals surface area contributed by atoms with Crippen LogP contribution in [0.25, 0.3) is 0 Å². The third-order valence-electron chi connectivity index (χ3n) is 3.21. The lowest BCUT2D eigenvalue weighted by atomic mass is 9.94. The van der Waals surface area contributed by atoms with E-state index in [1.807, 2.05) is 0 Å². The van der Waals surface area contributed by atoms with Crippen LogP contribution in [-0.2, 0) is 9.84 Å². The highest BCUT2D eigenvalue weighted by Crippen LogP contribution is 2.15. The zero-order valence-electron chi connectivity index (χ0n) is 10.6. The minimum absolute atomic E-state index is 0.293. The summed E-state index contributed by atoms with van der Waals surface area (Å²) >= 11 is 0. The Labute approximate surface area is 99.3 Å². The summed E-state index contributed by atoms with van der Waals surface area (Å²) in [4.78, 5) is 2.35. The number of sulfone groups is 1. The second-order valence-electron chi connectivity index (χ2n) is 5.07. The summed E-state index contributed by atoms with van der Waals surface area (Å²) in [5.41, 5.74) is 0. The molecule has 0 amide bonds. The fourth-order valence-corrected chi connectivity index (χ4v) is 2.95. The van der Waals surface area contributed by atoms with Crippen LogP contribution >= 0.6 is 0 Å². The fraction of sp³-hybridized carbons (Fsp3) is 1.00. The van der Waals surface area contributed by atoms with E-state index in [1.54, 1.807) is 0 Å². The zero-order chi connectivity index (χ0) is 12.2. The molecule has 16 heavy (non-hydrogen) atoms. The lowest BCUT2D eigenvalue weighted by Crippen LogP contribution is -2.47. The first-order chi connectivity index (χ1) is 7.38. The number of nitrogens with one attached hydrogen (secondary N) is 1. The molecule has 0 aromatic carbocycles. The Morgan fingerprint density at radius 2 is 2.12 bits per heavy atom. The van der Waals surface area contributed by atoms with Crippen LogP contribution < -0.4 is 5.32 Å². The average Bonchev–Trinajstić information content (AvgIpc) is 2.13. The maximum absolute atomic E-state index is 11.0. The third kappa shape index (κ3) is 5.27. The molecule has 0 saturated carbocycles. The molecule has 1 fully saturated rings. The number of rotatable bonds is 5. The van der Waals surface area contributed by atoms with E-state index in [2.05, 4.69) is 24.2 Å². The minimum atomic E-state index is -2.80. The topological polar surface area (TPSA) is 49.4 Å². The maximum atomic E-state index is 11.0. The molecule has 96 valence electrons. The van der Waals surface area contributed by atoms with Crippen molar-refractivity contribution in [3.05, 3.63) is 0 Å². The van der Waals surface area contributed by atoms with Crippen molar-refractivity contribution in [1.82, 2.24) is 10.2 Å². The summed E-state index contributed by atoms with van der Waals surface area (Å²) in [6, 6.07) is 0.552. The molecule has 0 aromatic rings. The number of likely N-dealkylation sites (tertiary alicyclic amines) is 1. The van der Waals surface area contributed by atoms with Gasteiger partial charge in [0.1, 0.15) is 9.84 Å². The van der Waals surface area contributed by atoms with Gasteiger partial charge in [-0.25, -0.2) is 8.42 Å². The summed E-state index contributed by atoms with van der Waals surface area (Å²) in [6.45, 7) is 5.33. The quantitative estimate of drug-likeness (QED) is 0.713. The Kier molecular flexibility index (Phi) is 5.21. The van der Waals surface area contributed by atoms with Crippen molar-refractivity contribution in [3.8, 4) is 0 Å². The van der Waals surface area contributed by atoms with Gasteiger partial charge in [-0.3, -0.25) is 0 Å². The summed E-state index contributed by atoms with van der Waals surface area (Å²) < 4.78 is 21.9. The van der Waals surface area contributed by atoms with E-state index in [0.29, 0.717) is 17.7 Å². The Hall–Kier alpha value is -0.130. The monoisotopic (exact) mass is 248 g/mol. The Morgan fingerprint density at radius 3 is 2.69 bits per heavy atom. The third-order valence-corrected chi connectivity index (χ3v) is 4.24. The second kappa shape index (κ2) is 5.98. The van der Waals surface area contributed by atoms with Gasteiger partial charge in [-0.2, -0.15) is 0 Å². The van der Waals surface area contributed by atoms with Gasteiger partial charge in [-0.05, 0) is 38.9 Å². The van der Waals surface area contributed by atoms with E-state index < -0.39 is 9.84 Å². The van der Waals surface area contributed by atoms with E-state index >= 15 is 0 Å². The fourth-order valence-electron chi connectivity index (χ4n) is 2.28. The number of nitrogens with zero attached hydrogens (tertiary/aromatic N) is 1. The smallest absolute Gasteiger partial charge is 0.147 e. The first-order valence-corrected chi connectivity index (χ1v) is 8.04. The first kappa shape index (κ1) is 13.9. The van der Waals surface area contributed by atoms with Gasteiger partial charge in [0.15, 0.2) is 0 Å². The average molecular weight is 248 g/mol. The number of hydrogen-bond donors (Lipinski definition) is 1. The maximum Gasteiger partial charge on any atom is 0.147 e. The molecule has 1 N–H and O–H groups in total. The predicted molar refractivity (Wildman–Crippen MR) is 67.4 cm³/mol. The van der Waals surface area contributed by atoms with Crippen molar-refractivity contribution in [2.45, 2.75) is 25.8 Å². The van der Waals surface area contributed by atoms with E-state index in [9.17, 15) is 8.42 Å². The van der Waals surface area contributed by atoms with Crippen LogP contribution in [0.1, 0.15) is 19.8 Å². The molecule has 1 saturated heterocycles. The molecule has 1 aliphatic rings. The van der Waals surface area contributed by atoms with Crippen molar-refractivity contribution in [1.29, 1.82) is 0 Å². The highest BCUT2D eigenvalue weighted by atomic mass is 32.2. The Balaban J connectivity index is 2.18. The van der Waals surface area contributed by atoms with Gasteiger partial charge in [-0.15, -0.1) is 0 Å². The van der Waals surface area contributed by atoms with E-state index in [1.165, 1.54) is 6.26 Å². The molecule has 0 bridgehead atoms. The number of hydrogen-bond acceptors (Lipinski definition) is 4. The molecule has 1 aliphatic heterocycles. The van der Waals surface area contributed by atoms with Crippen LogP contribution in [0.2, 0.25) is 0 Å². The molecule has 0 radical (unpaired) electrons. The van der Waals surface area contributed by atoms with Gasteiger partial charge in [0, 0.05) is 18.8 Å². The van der Waals surface area contributed by atoms with Gasteiger partial charge < -0.3 is 10.2 Å². The van der Waals surface area contributed by atoms with Crippen molar-refractivity contribution < 1.29 is 8.42 Å². The Morgan fingerprint density at radius 1 is 1.44 bits per heavy atom. The molecule has 5 heteroatoms. The molecular formula is C11H24N2O2S. The van der Waals surface area contributed by atoms with Crippen LogP contribution in [0.3, 0.4) is 0 Å². The highest BCUT2D eigenvalue weighted by molar-refractivity contribution is 7.90. The van der Waals surface area contributed by atoms with Gasteiger partial charge in [-0.1, -0.05) is 6.92 Å². The molecule has 1 heterocycles. The lowest BCUT2D eigenvalue weighted by molar-refractivity contribution is 0.175. The van der Waals surface area contributed by atoms with Crippen molar-refractivity contribution >= 4 is 9.84 Å². The van der Waals surface area contributed by atoms with Crippen molar-refractivity contribution in [2.75, 3.05) is 38.7 Å². The van der Waals surface area contributed by atoms with Gasteiger partial charge in [0.25, 0.3) is 0 Å². The standard InChI is InChI=1S/C11H24N2O2S/c1-10-9-13(2)7-5-11(10)12-6-4-8-16(3,14)15/h10-12H,4-9H2,1-3H3. The molecule has 4 nitrogen and oxygen atoms in total. The van der Waals surface area contributed by atoms with Crippen molar-refractivity contribution in [2.24, 2.45) is 5.92 Å². The van der Waals surface area contributed by atoms with Gasteiger partial charge in [0.05, 0.1) is 5.75 Å². The van der Waals surface area contributed by atoms with Gasteiger partial charge >= 0.3 is 0 Å². The first-order valence-electron chi connectivity index (χ1n) is 5.98. The van der Waals surface area contributed by atoms with E-state index in [4.69, 9.17) is 0 Å². The van der Waals surface area contributed by atoms with E-state index in [0.717, 1.165) is 32.5 Å². The lowest BCUT2D eigenvalue weighted by Gasteiger charge is -2.35. The van der Waals surface area contributed by atoms with Crippen LogP contribution in [-0.4, -0.2) is 58.1 Å². The molecule has 0 aromatic heterocycles. The van der Waals surface area contributed by atoms with Gasteiger partial charge in [0.2, 0.25) is 0 Å². The van der Waals surface area contributed by atoms with E-state index in [-0.39, 0.29) is 0 Å². The van der Waals surface area contributed by atoms with Crippen LogP contribution in [0, 0.1) is 5.92 Å². The summed E-state index contributed by atoms with van der Waals surface area (Å²) in [5, 5.41) is 3.47. The minimum Gasteiger partial charge on any atom is -0.314 e. The SMILES string of the molecule is CC1CN(C)CCC1NCCCS(C)(=O)=O. The van der Waals surface area contributed by atoms with Crippen molar-refractivity contribution in [3.63, 3.8) is 0 Å². The normalized spacial score (nSPS) is 28.2. The predicted octanol–water partition coefficient (Wildman–Crippen LogP) is 0.351. The number of piperidine rings is 1. The molecule has 1 rings (SSSR count). The van der Waals surface area contributed by atoms with Crippen LogP contribution in [0.4, 0.5) is 0 Å². The molecule has 0 spiro atoms. The van der Waals surface area contributed by atoms with Crippen LogP contribution in [0.5, 0.6) is 0 Å². The molecule has 0 aliphatic carbocycles.